The summed E-state index contributed by atoms with van der Waals surface area (Å²) in [7, 11) is 0. The molecule has 0 aliphatic heterocycles. The quantitative estimate of drug-likeness (QED) is 0.861. The minimum Gasteiger partial charge on any atom is -0.339 e. The molecule has 1 aromatic heterocycles. The van der Waals surface area contributed by atoms with Gasteiger partial charge in [-0.25, -0.2) is 4.98 Å². The fourth-order valence-corrected chi connectivity index (χ4v) is 2.43. The summed E-state index contributed by atoms with van der Waals surface area (Å²) in [5.74, 6) is 1.34. The number of aryl methyl sites for hydroxylation is 1. The van der Waals surface area contributed by atoms with Crippen LogP contribution < -0.4 is 5.32 Å². The molecule has 0 aliphatic rings. The molecule has 0 atom stereocenters. The van der Waals surface area contributed by atoms with E-state index in [1.54, 1.807) is 0 Å². The highest BCUT2D eigenvalue weighted by atomic mass is 79.9. The van der Waals surface area contributed by atoms with Gasteiger partial charge in [0.15, 0.2) is 0 Å². The second kappa shape index (κ2) is 5.53. The van der Waals surface area contributed by atoms with Gasteiger partial charge in [-0.1, -0.05) is 32.0 Å². The molecular formula is C15H17BrN2. The number of halogens is 1. The van der Waals surface area contributed by atoms with E-state index in [1.807, 2.05) is 19.2 Å². The largest absolute Gasteiger partial charge is 0.339 e. The molecule has 0 unspecified atom stereocenters. The average molecular weight is 305 g/mol. The van der Waals surface area contributed by atoms with Gasteiger partial charge in [0.1, 0.15) is 5.82 Å². The van der Waals surface area contributed by atoms with Crippen LogP contribution in [0.4, 0.5) is 11.5 Å². The molecule has 0 aliphatic carbocycles. The van der Waals surface area contributed by atoms with E-state index in [1.165, 1.54) is 5.56 Å². The van der Waals surface area contributed by atoms with Crippen LogP contribution in [0.5, 0.6) is 0 Å². The lowest BCUT2D eigenvalue weighted by Gasteiger charge is -2.15. The molecule has 18 heavy (non-hydrogen) atoms. The van der Waals surface area contributed by atoms with Crippen LogP contribution in [0.15, 0.2) is 41.0 Å². The van der Waals surface area contributed by atoms with Gasteiger partial charge in [0, 0.05) is 11.9 Å². The van der Waals surface area contributed by atoms with Crippen molar-refractivity contribution in [2.45, 2.75) is 26.7 Å². The van der Waals surface area contributed by atoms with Crippen molar-refractivity contribution in [2.24, 2.45) is 0 Å². The van der Waals surface area contributed by atoms with E-state index in [0.29, 0.717) is 5.92 Å². The first-order valence-corrected chi connectivity index (χ1v) is 6.85. The third kappa shape index (κ3) is 2.91. The third-order valence-corrected chi connectivity index (χ3v) is 3.42. The predicted molar refractivity (Wildman–Crippen MR) is 80.5 cm³/mol. The van der Waals surface area contributed by atoms with Crippen LogP contribution in [0.2, 0.25) is 0 Å². The Labute approximate surface area is 117 Å². The van der Waals surface area contributed by atoms with Gasteiger partial charge in [0.05, 0.1) is 4.47 Å². The van der Waals surface area contributed by atoms with Gasteiger partial charge in [-0.15, -0.1) is 0 Å². The van der Waals surface area contributed by atoms with Crippen molar-refractivity contribution in [3.8, 4) is 0 Å². The minimum absolute atomic E-state index is 0.484. The van der Waals surface area contributed by atoms with Crippen molar-refractivity contribution in [1.82, 2.24) is 4.98 Å². The Hall–Kier alpha value is -1.35. The second-order valence-electron chi connectivity index (χ2n) is 4.71. The topological polar surface area (TPSA) is 24.9 Å². The number of nitrogens with zero attached hydrogens (tertiary/aromatic N) is 1. The summed E-state index contributed by atoms with van der Waals surface area (Å²) in [6.45, 7) is 6.42. The number of hydrogen-bond acceptors (Lipinski definition) is 2. The van der Waals surface area contributed by atoms with Crippen LogP contribution in [-0.4, -0.2) is 4.98 Å². The SMILES string of the molecule is Cc1cnc(Nc2ccccc2C(C)C)c(Br)c1. The molecule has 0 saturated heterocycles. The van der Waals surface area contributed by atoms with Gasteiger partial charge in [0.2, 0.25) is 0 Å². The van der Waals surface area contributed by atoms with Crippen LogP contribution in [0, 0.1) is 6.92 Å². The smallest absolute Gasteiger partial charge is 0.144 e. The number of nitrogens with one attached hydrogen (secondary N) is 1. The van der Waals surface area contributed by atoms with E-state index in [2.05, 4.69) is 64.3 Å². The van der Waals surface area contributed by atoms with Crippen LogP contribution in [-0.2, 0) is 0 Å². The molecule has 3 heteroatoms. The van der Waals surface area contributed by atoms with Gasteiger partial charge in [-0.2, -0.15) is 0 Å². The molecule has 94 valence electrons. The van der Waals surface area contributed by atoms with Crippen LogP contribution >= 0.6 is 15.9 Å². The number of hydrogen-bond donors (Lipinski definition) is 1. The number of anilines is 2. The van der Waals surface area contributed by atoms with Crippen LogP contribution in [0.3, 0.4) is 0 Å². The fourth-order valence-electron chi connectivity index (χ4n) is 1.87. The fraction of sp³-hybridized carbons (Fsp3) is 0.267. The van der Waals surface area contributed by atoms with Crippen molar-refractivity contribution in [3.05, 3.63) is 52.1 Å². The third-order valence-electron chi connectivity index (χ3n) is 2.81. The predicted octanol–water partition coefficient (Wildman–Crippen LogP) is 5.02. The molecule has 0 fully saturated rings. The Morgan fingerprint density at radius 1 is 1.22 bits per heavy atom. The van der Waals surface area contributed by atoms with Gasteiger partial charge >= 0.3 is 0 Å². The summed E-state index contributed by atoms with van der Waals surface area (Å²) in [5.41, 5.74) is 3.56. The second-order valence-corrected chi connectivity index (χ2v) is 5.56. The molecule has 1 heterocycles. The zero-order valence-corrected chi connectivity index (χ0v) is 12.5. The first-order valence-electron chi connectivity index (χ1n) is 6.06. The number of pyridine rings is 1. The van der Waals surface area contributed by atoms with Gasteiger partial charge in [-0.3, -0.25) is 0 Å². The highest BCUT2D eigenvalue weighted by Crippen LogP contribution is 2.29. The van der Waals surface area contributed by atoms with Crippen molar-refractivity contribution in [1.29, 1.82) is 0 Å². The molecular weight excluding hydrogens is 288 g/mol. The molecule has 0 saturated carbocycles. The Balaban J connectivity index is 2.34. The summed E-state index contributed by atoms with van der Waals surface area (Å²) in [4.78, 5) is 4.42. The van der Waals surface area contributed by atoms with E-state index >= 15 is 0 Å². The minimum atomic E-state index is 0.484. The molecule has 0 bridgehead atoms. The highest BCUT2D eigenvalue weighted by molar-refractivity contribution is 9.10. The van der Waals surface area contributed by atoms with Crippen molar-refractivity contribution in [3.63, 3.8) is 0 Å². The first kappa shape index (κ1) is 13.1. The number of para-hydroxylation sites is 1. The van der Waals surface area contributed by atoms with Crippen molar-refractivity contribution in [2.75, 3.05) is 5.32 Å². The molecule has 0 spiro atoms. The van der Waals surface area contributed by atoms with Gasteiger partial charge in [0.25, 0.3) is 0 Å². The van der Waals surface area contributed by atoms with Crippen LogP contribution in [0.25, 0.3) is 0 Å². The summed E-state index contributed by atoms with van der Waals surface area (Å²) < 4.78 is 0.987. The van der Waals surface area contributed by atoms with E-state index in [0.717, 1.165) is 21.5 Å². The first-order chi connectivity index (χ1) is 8.58. The Morgan fingerprint density at radius 2 is 1.94 bits per heavy atom. The Bertz CT molecular complexity index is 550. The normalized spacial score (nSPS) is 10.7. The van der Waals surface area contributed by atoms with E-state index in [4.69, 9.17) is 0 Å². The summed E-state index contributed by atoms with van der Waals surface area (Å²) >= 11 is 3.54. The highest BCUT2D eigenvalue weighted by Gasteiger charge is 2.08. The van der Waals surface area contributed by atoms with E-state index in [9.17, 15) is 0 Å². The van der Waals surface area contributed by atoms with Crippen LogP contribution in [0.1, 0.15) is 30.9 Å². The van der Waals surface area contributed by atoms with E-state index in [-0.39, 0.29) is 0 Å². The molecule has 2 aromatic rings. The maximum absolute atomic E-state index is 4.42. The number of benzene rings is 1. The monoisotopic (exact) mass is 304 g/mol. The van der Waals surface area contributed by atoms with Gasteiger partial charge in [-0.05, 0) is 52.0 Å². The lowest BCUT2D eigenvalue weighted by atomic mass is 10.0. The molecule has 2 rings (SSSR count). The van der Waals surface area contributed by atoms with Crippen molar-refractivity contribution < 1.29 is 0 Å². The molecule has 0 amide bonds. The lowest BCUT2D eigenvalue weighted by Crippen LogP contribution is -2.00. The van der Waals surface area contributed by atoms with Crippen molar-refractivity contribution >= 4 is 27.4 Å². The standard InChI is InChI=1S/C15H17BrN2/c1-10(2)12-6-4-5-7-14(12)18-15-13(16)8-11(3)9-17-15/h4-10H,1-3H3,(H,17,18). The molecule has 1 aromatic carbocycles. The van der Waals surface area contributed by atoms with Gasteiger partial charge < -0.3 is 5.32 Å². The Morgan fingerprint density at radius 3 is 2.61 bits per heavy atom. The number of rotatable bonds is 3. The van der Waals surface area contributed by atoms with E-state index < -0.39 is 0 Å². The summed E-state index contributed by atoms with van der Waals surface area (Å²) in [5, 5.41) is 3.39. The maximum atomic E-state index is 4.42. The number of aromatic nitrogens is 1. The molecule has 0 radical (unpaired) electrons. The molecule has 1 N–H and O–H groups in total. The summed E-state index contributed by atoms with van der Waals surface area (Å²) in [6.07, 6.45) is 1.87. The zero-order valence-electron chi connectivity index (χ0n) is 10.9. The Kier molecular flexibility index (Phi) is 4.02. The lowest BCUT2D eigenvalue weighted by molar-refractivity contribution is 0.869. The summed E-state index contributed by atoms with van der Waals surface area (Å²) in [6, 6.07) is 10.4. The average Bonchev–Trinajstić information content (AvgIpc) is 2.33. The molecule has 2 nitrogen and oxygen atoms in total. The maximum Gasteiger partial charge on any atom is 0.144 e. The zero-order chi connectivity index (χ0) is 13.1.